The fourth-order valence-corrected chi connectivity index (χ4v) is 3.09. The quantitative estimate of drug-likeness (QED) is 0.570. The Bertz CT molecular complexity index is 497. The zero-order chi connectivity index (χ0) is 16.7. The van der Waals surface area contributed by atoms with Crippen LogP contribution < -0.4 is 4.90 Å². The molecule has 5 nitrogen and oxygen atoms in total. The Morgan fingerprint density at radius 3 is 2.70 bits per heavy atom. The van der Waals surface area contributed by atoms with Crippen molar-refractivity contribution >= 4 is 11.8 Å². The van der Waals surface area contributed by atoms with Crippen molar-refractivity contribution in [1.82, 2.24) is 4.98 Å². The van der Waals surface area contributed by atoms with Crippen LogP contribution in [0.1, 0.15) is 44.0 Å². The van der Waals surface area contributed by atoms with Crippen molar-refractivity contribution in [2.45, 2.75) is 33.6 Å². The fourth-order valence-electron chi connectivity index (χ4n) is 3.09. The molecule has 0 N–H and O–H groups in total. The summed E-state index contributed by atoms with van der Waals surface area (Å²) >= 11 is 0. The summed E-state index contributed by atoms with van der Waals surface area (Å²) in [4.78, 5) is 18.8. The first-order valence-electron chi connectivity index (χ1n) is 8.56. The van der Waals surface area contributed by atoms with Gasteiger partial charge in [0.05, 0.1) is 12.2 Å². The van der Waals surface area contributed by atoms with Crippen LogP contribution in [-0.2, 0) is 9.47 Å². The van der Waals surface area contributed by atoms with Gasteiger partial charge in [-0.25, -0.2) is 9.78 Å². The number of rotatable bonds is 7. The Morgan fingerprint density at radius 1 is 1.26 bits per heavy atom. The molecule has 0 saturated carbocycles. The number of carbonyl (C=O) groups is 1. The lowest BCUT2D eigenvalue weighted by Crippen LogP contribution is -2.39. The van der Waals surface area contributed by atoms with Crippen LogP contribution in [0.3, 0.4) is 0 Å². The molecule has 5 heteroatoms. The Hall–Kier alpha value is -1.62. The molecular formula is C18H28N2O3. The summed E-state index contributed by atoms with van der Waals surface area (Å²) in [6.45, 7) is 9.97. The highest BCUT2D eigenvalue weighted by Crippen LogP contribution is 2.25. The van der Waals surface area contributed by atoms with E-state index in [0.29, 0.717) is 30.6 Å². The average Bonchev–Trinajstić information content (AvgIpc) is 2.53. The van der Waals surface area contributed by atoms with Gasteiger partial charge in [-0.05, 0) is 36.8 Å². The van der Waals surface area contributed by atoms with Gasteiger partial charge in [0, 0.05) is 25.9 Å². The van der Waals surface area contributed by atoms with Gasteiger partial charge in [-0.15, -0.1) is 0 Å². The van der Waals surface area contributed by atoms with Crippen LogP contribution in [0.5, 0.6) is 0 Å². The van der Waals surface area contributed by atoms with Gasteiger partial charge in [-0.2, -0.15) is 0 Å². The average molecular weight is 320 g/mol. The second-order valence-electron chi connectivity index (χ2n) is 6.50. The van der Waals surface area contributed by atoms with Gasteiger partial charge in [-0.3, -0.25) is 0 Å². The fraction of sp³-hybridized carbons (Fsp3) is 0.667. The summed E-state index contributed by atoms with van der Waals surface area (Å²) < 4.78 is 10.6. The van der Waals surface area contributed by atoms with Gasteiger partial charge in [-0.1, -0.05) is 20.8 Å². The SMILES string of the molecule is CCCOCCOC(=O)c1ccnc(N2C[C@H](C)C[C@@H](C)C2)c1. The minimum absolute atomic E-state index is 0.286. The highest BCUT2D eigenvalue weighted by Gasteiger charge is 2.23. The molecule has 0 unspecified atom stereocenters. The molecule has 1 aromatic rings. The van der Waals surface area contributed by atoms with E-state index in [4.69, 9.17) is 9.47 Å². The van der Waals surface area contributed by atoms with Crippen LogP contribution in [0, 0.1) is 11.8 Å². The maximum absolute atomic E-state index is 12.1. The molecule has 0 bridgehead atoms. The number of pyridine rings is 1. The van der Waals surface area contributed by atoms with Crippen molar-refractivity contribution in [1.29, 1.82) is 0 Å². The molecule has 1 saturated heterocycles. The lowest BCUT2D eigenvalue weighted by molar-refractivity contribution is 0.0318. The van der Waals surface area contributed by atoms with E-state index in [9.17, 15) is 4.79 Å². The molecule has 2 heterocycles. The third-order valence-electron chi connectivity index (χ3n) is 3.98. The van der Waals surface area contributed by atoms with Crippen LogP contribution >= 0.6 is 0 Å². The van der Waals surface area contributed by atoms with E-state index in [1.807, 2.05) is 13.0 Å². The van der Waals surface area contributed by atoms with Gasteiger partial charge in [0.25, 0.3) is 0 Å². The second kappa shape index (κ2) is 8.87. The molecule has 2 atom stereocenters. The smallest absolute Gasteiger partial charge is 0.338 e. The number of hydrogen-bond acceptors (Lipinski definition) is 5. The standard InChI is InChI=1S/C18H28N2O3/c1-4-7-22-8-9-23-18(21)16-5-6-19-17(11-16)20-12-14(2)10-15(3)13-20/h5-6,11,14-15H,4,7-10,12-13H2,1-3H3/t14-,15-/m1/s1. The van der Waals surface area contributed by atoms with Gasteiger partial charge in [0.1, 0.15) is 12.4 Å². The van der Waals surface area contributed by atoms with Crippen molar-refractivity contribution < 1.29 is 14.3 Å². The van der Waals surface area contributed by atoms with Crippen LogP contribution in [0.4, 0.5) is 5.82 Å². The number of esters is 1. The normalized spacial score (nSPS) is 21.3. The molecule has 1 aliphatic heterocycles. The van der Waals surface area contributed by atoms with Gasteiger partial charge < -0.3 is 14.4 Å². The first-order chi connectivity index (χ1) is 11.1. The Labute approximate surface area is 139 Å². The molecule has 0 aromatic carbocycles. The molecule has 1 aromatic heterocycles. The molecule has 2 rings (SSSR count). The Kier molecular flexibility index (Phi) is 6.84. The first kappa shape index (κ1) is 17.7. The zero-order valence-corrected chi connectivity index (χ0v) is 14.5. The van der Waals surface area contributed by atoms with E-state index < -0.39 is 0 Å². The maximum Gasteiger partial charge on any atom is 0.338 e. The summed E-state index contributed by atoms with van der Waals surface area (Å²) in [5.41, 5.74) is 0.552. The largest absolute Gasteiger partial charge is 0.460 e. The van der Waals surface area contributed by atoms with E-state index in [2.05, 4.69) is 23.7 Å². The minimum atomic E-state index is -0.313. The number of nitrogens with zero attached hydrogens (tertiary/aromatic N) is 2. The molecule has 1 fully saturated rings. The highest BCUT2D eigenvalue weighted by atomic mass is 16.6. The lowest BCUT2D eigenvalue weighted by Gasteiger charge is -2.35. The van der Waals surface area contributed by atoms with Gasteiger partial charge in [0.15, 0.2) is 0 Å². The number of ether oxygens (including phenoxy) is 2. The number of aromatic nitrogens is 1. The Balaban J connectivity index is 1.92. The summed E-state index contributed by atoms with van der Waals surface area (Å²) in [5.74, 6) is 1.84. The topological polar surface area (TPSA) is 51.7 Å². The van der Waals surface area contributed by atoms with Crippen molar-refractivity contribution in [3.05, 3.63) is 23.9 Å². The summed E-state index contributed by atoms with van der Waals surface area (Å²) in [6, 6.07) is 3.54. The van der Waals surface area contributed by atoms with E-state index in [0.717, 1.165) is 25.3 Å². The molecule has 0 spiro atoms. The number of piperidine rings is 1. The van der Waals surface area contributed by atoms with Gasteiger partial charge in [0.2, 0.25) is 0 Å². The maximum atomic E-state index is 12.1. The monoisotopic (exact) mass is 320 g/mol. The molecule has 1 aliphatic rings. The first-order valence-corrected chi connectivity index (χ1v) is 8.56. The minimum Gasteiger partial charge on any atom is -0.460 e. The molecule has 23 heavy (non-hydrogen) atoms. The van der Waals surface area contributed by atoms with E-state index in [1.165, 1.54) is 6.42 Å². The van der Waals surface area contributed by atoms with E-state index in [-0.39, 0.29) is 12.6 Å². The van der Waals surface area contributed by atoms with E-state index in [1.54, 1.807) is 12.3 Å². The Morgan fingerprint density at radius 2 is 2.00 bits per heavy atom. The van der Waals surface area contributed by atoms with Crippen molar-refractivity contribution in [2.24, 2.45) is 11.8 Å². The summed E-state index contributed by atoms with van der Waals surface area (Å²) in [5, 5.41) is 0. The number of anilines is 1. The third kappa shape index (κ3) is 5.50. The third-order valence-corrected chi connectivity index (χ3v) is 3.98. The van der Waals surface area contributed by atoms with Crippen LogP contribution in [-0.4, -0.2) is 43.9 Å². The number of carbonyl (C=O) groups excluding carboxylic acids is 1. The summed E-state index contributed by atoms with van der Waals surface area (Å²) in [7, 11) is 0. The molecule has 0 radical (unpaired) electrons. The van der Waals surface area contributed by atoms with Crippen LogP contribution in [0.15, 0.2) is 18.3 Å². The summed E-state index contributed by atoms with van der Waals surface area (Å²) in [6.07, 6.45) is 3.90. The van der Waals surface area contributed by atoms with Crippen molar-refractivity contribution in [3.8, 4) is 0 Å². The lowest BCUT2D eigenvalue weighted by atomic mass is 9.92. The second-order valence-corrected chi connectivity index (χ2v) is 6.50. The molecule has 0 amide bonds. The molecule has 0 aliphatic carbocycles. The van der Waals surface area contributed by atoms with Crippen molar-refractivity contribution in [3.63, 3.8) is 0 Å². The van der Waals surface area contributed by atoms with E-state index >= 15 is 0 Å². The zero-order valence-electron chi connectivity index (χ0n) is 14.5. The van der Waals surface area contributed by atoms with Crippen molar-refractivity contribution in [2.75, 3.05) is 37.8 Å². The number of hydrogen-bond donors (Lipinski definition) is 0. The van der Waals surface area contributed by atoms with Crippen LogP contribution in [0.25, 0.3) is 0 Å². The highest BCUT2D eigenvalue weighted by molar-refractivity contribution is 5.90. The predicted octanol–water partition coefficient (Wildman–Crippen LogP) is 3.15. The molecule has 128 valence electrons. The van der Waals surface area contributed by atoms with Gasteiger partial charge >= 0.3 is 5.97 Å². The predicted molar refractivity (Wildman–Crippen MR) is 90.8 cm³/mol. The molecular weight excluding hydrogens is 292 g/mol. The van der Waals surface area contributed by atoms with Crippen LogP contribution in [0.2, 0.25) is 0 Å².